The molecule has 1 aliphatic rings. The summed E-state index contributed by atoms with van der Waals surface area (Å²) in [7, 11) is -2.03. The van der Waals surface area contributed by atoms with Gasteiger partial charge in [0.15, 0.2) is 8.32 Å². The third-order valence-electron chi connectivity index (χ3n) is 9.45. The zero-order valence-corrected chi connectivity index (χ0v) is 28.0. The molecule has 1 N–H and O–H groups in total. The highest BCUT2D eigenvalue weighted by atomic mass is 28.4. The van der Waals surface area contributed by atoms with Gasteiger partial charge >= 0.3 is 5.97 Å². The van der Waals surface area contributed by atoms with Crippen LogP contribution >= 0.6 is 0 Å². The number of carbonyl (C=O) groups is 1. The molecule has 1 fully saturated rings. The molecule has 1 aliphatic carbocycles. The summed E-state index contributed by atoms with van der Waals surface area (Å²) < 4.78 is 19.0. The predicted octanol–water partition coefficient (Wildman–Crippen LogP) is 8.84. The van der Waals surface area contributed by atoms with Crippen molar-refractivity contribution in [3.8, 4) is 0 Å². The van der Waals surface area contributed by atoms with Crippen LogP contribution in [0.25, 0.3) is 0 Å². The van der Waals surface area contributed by atoms with E-state index in [2.05, 4.69) is 53.7 Å². The first-order valence-electron chi connectivity index (χ1n) is 16.3. The van der Waals surface area contributed by atoms with Crippen molar-refractivity contribution in [1.82, 2.24) is 0 Å². The maximum Gasteiger partial charge on any atom is 0.306 e. The quantitative estimate of drug-likeness (QED) is 0.106. The summed E-state index contributed by atoms with van der Waals surface area (Å²) in [6, 6.07) is 20.1. The van der Waals surface area contributed by atoms with Crippen molar-refractivity contribution in [3.05, 3.63) is 71.8 Å². The molecule has 0 saturated heterocycles. The normalized spacial score (nSPS) is 21.0. The lowest BCUT2D eigenvalue weighted by molar-refractivity contribution is -0.145. The maximum atomic E-state index is 12.2. The van der Waals surface area contributed by atoms with Gasteiger partial charge in [-0.15, -0.1) is 0 Å². The lowest BCUT2D eigenvalue weighted by atomic mass is 9.89. The fraction of sp³-hybridized carbons (Fsp3) is 0.639. The minimum Gasteiger partial charge on any atom is -0.461 e. The molecule has 0 aromatic heterocycles. The zero-order valence-electron chi connectivity index (χ0n) is 27.0. The van der Waals surface area contributed by atoms with E-state index in [1.807, 2.05) is 48.5 Å². The SMILES string of the molecule is CC(C)[Si](OC[C@@H]1[C@@H](CCCCCCC(=O)OCc2ccccc2)[C@@H](O)C[C@H]1OCc1ccccc1)(C(C)C)C(C)C. The Morgan fingerprint density at radius 1 is 0.786 bits per heavy atom. The Kier molecular flexibility index (Phi) is 14.2. The van der Waals surface area contributed by atoms with E-state index in [0.29, 0.717) is 49.3 Å². The Bertz CT molecular complexity index is 1000. The first kappa shape index (κ1) is 34.5. The van der Waals surface area contributed by atoms with Crippen molar-refractivity contribution in [1.29, 1.82) is 0 Å². The van der Waals surface area contributed by atoms with E-state index in [9.17, 15) is 9.90 Å². The van der Waals surface area contributed by atoms with Crippen LogP contribution in [0.5, 0.6) is 0 Å². The Labute approximate surface area is 256 Å². The average Bonchev–Trinajstić information content (AvgIpc) is 3.27. The van der Waals surface area contributed by atoms with Gasteiger partial charge in [0.1, 0.15) is 6.61 Å². The van der Waals surface area contributed by atoms with Gasteiger partial charge in [-0.1, -0.05) is 121 Å². The summed E-state index contributed by atoms with van der Waals surface area (Å²) in [4.78, 5) is 12.2. The predicted molar refractivity (Wildman–Crippen MR) is 174 cm³/mol. The molecule has 3 rings (SSSR count). The van der Waals surface area contributed by atoms with Crippen LogP contribution in [0.15, 0.2) is 60.7 Å². The minimum atomic E-state index is -2.03. The van der Waals surface area contributed by atoms with Gasteiger partial charge in [0.25, 0.3) is 0 Å². The van der Waals surface area contributed by atoms with Gasteiger partial charge in [-0.3, -0.25) is 4.79 Å². The van der Waals surface area contributed by atoms with Crippen molar-refractivity contribution in [2.24, 2.45) is 11.8 Å². The van der Waals surface area contributed by atoms with Crippen molar-refractivity contribution >= 4 is 14.3 Å². The second kappa shape index (κ2) is 17.3. The van der Waals surface area contributed by atoms with Gasteiger partial charge in [-0.25, -0.2) is 0 Å². The van der Waals surface area contributed by atoms with Crippen LogP contribution in [-0.2, 0) is 31.9 Å². The second-order valence-electron chi connectivity index (χ2n) is 13.2. The van der Waals surface area contributed by atoms with Crippen LogP contribution in [0.2, 0.25) is 16.6 Å². The molecule has 2 aromatic rings. The lowest BCUT2D eigenvalue weighted by Gasteiger charge is -2.43. The number of aliphatic hydroxyl groups is 1. The molecule has 0 spiro atoms. The molecule has 1 saturated carbocycles. The molecule has 234 valence electrons. The van der Waals surface area contributed by atoms with E-state index in [-0.39, 0.29) is 30.0 Å². The topological polar surface area (TPSA) is 65.0 Å². The molecule has 6 heteroatoms. The number of aliphatic hydroxyl groups excluding tert-OH is 1. The Morgan fingerprint density at radius 2 is 1.33 bits per heavy atom. The van der Waals surface area contributed by atoms with Gasteiger partial charge in [0.2, 0.25) is 0 Å². The second-order valence-corrected chi connectivity index (χ2v) is 18.7. The highest BCUT2D eigenvalue weighted by Crippen LogP contribution is 2.45. The largest absolute Gasteiger partial charge is 0.461 e. The fourth-order valence-corrected chi connectivity index (χ4v) is 12.8. The number of rotatable bonds is 18. The van der Waals surface area contributed by atoms with Crippen LogP contribution in [-0.4, -0.2) is 38.2 Å². The van der Waals surface area contributed by atoms with Crippen LogP contribution in [0, 0.1) is 11.8 Å². The Morgan fingerprint density at radius 3 is 1.90 bits per heavy atom. The third-order valence-corrected chi connectivity index (χ3v) is 15.5. The minimum absolute atomic E-state index is 0.0113. The van der Waals surface area contributed by atoms with E-state index in [4.69, 9.17) is 13.9 Å². The summed E-state index contributed by atoms with van der Waals surface area (Å²) in [6.45, 7) is 15.5. The highest BCUT2D eigenvalue weighted by Gasteiger charge is 2.48. The summed E-state index contributed by atoms with van der Waals surface area (Å²) in [5.41, 5.74) is 3.73. The number of carbonyl (C=O) groups excluding carboxylic acids is 1. The van der Waals surface area contributed by atoms with Gasteiger partial charge < -0.3 is 19.0 Å². The standard InChI is InChI=1S/C36H56O5Si/c1-27(2)42(28(3)4,29(5)6)41-26-33-32(34(37)23-35(33)39-24-30-17-11-9-12-18-30)21-15-7-8-16-22-36(38)40-25-31-19-13-10-14-20-31/h9-14,17-20,27-29,32-35,37H,7-8,15-16,21-26H2,1-6H3/t32-,33-,34+,35-/m1/s1. The summed E-state index contributed by atoms with van der Waals surface area (Å²) in [6.07, 6.45) is 5.59. The molecule has 0 aliphatic heterocycles. The molecule has 42 heavy (non-hydrogen) atoms. The van der Waals surface area contributed by atoms with Crippen LogP contribution in [0.1, 0.15) is 97.6 Å². The molecule has 0 bridgehead atoms. The first-order valence-corrected chi connectivity index (χ1v) is 18.5. The highest BCUT2D eigenvalue weighted by molar-refractivity contribution is 6.77. The summed E-state index contributed by atoms with van der Waals surface area (Å²) >= 11 is 0. The van der Waals surface area contributed by atoms with Crippen LogP contribution < -0.4 is 0 Å². The monoisotopic (exact) mass is 596 g/mol. The average molecular weight is 597 g/mol. The van der Waals surface area contributed by atoms with Gasteiger partial charge in [0.05, 0.1) is 18.8 Å². The van der Waals surface area contributed by atoms with Crippen LogP contribution in [0.3, 0.4) is 0 Å². The van der Waals surface area contributed by atoms with E-state index < -0.39 is 8.32 Å². The van der Waals surface area contributed by atoms with E-state index >= 15 is 0 Å². The number of unbranched alkanes of at least 4 members (excludes halogenated alkanes) is 3. The Balaban J connectivity index is 1.54. The molecule has 0 amide bonds. The molecule has 2 aromatic carbocycles. The molecule has 4 atom stereocenters. The molecule has 0 heterocycles. The summed E-state index contributed by atoms with van der Waals surface area (Å²) in [5, 5.41) is 11.2. The summed E-state index contributed by atoms with van der Waals surface area (Å²) in [5.74, 6) is 0.216. The lowest BCUT2D eigenvalue weighted by Crippen LogP contribution is -2.49. The van der Waals surface area contributed by atoms with E-state index in [1.54, 1.807) is 0 Å². The molecular weight excluding hydrogens is 540 g/mol. The molecule has 0 radical (unpaired) electrons. The van der Waals surface area contributed by atoms with Crippen molar-refractivity contribution in [2.75, 3.05) is 6.61 Å². The van der Waals surface area contributed by atoms with Crippen molar-refractivity contribution < 1.29 is 23.8 Å². The van der Waals surface area contributed by atoms with Gasteiger partial charge in [-0.2, -0.15) is 0 Å². The Hall–Kier alpha value is -1.99. The third kappa shape index (κ3) is 9.77. The number of hydrogen-bond donors (Lipinski definition) is 1. The van der Waals surface area contributed by atoms with E-state index in [0.717, 1.165) is 43.2 Å². The van der Waals surface area contributed by atoms with Gasteiger partial charge in [-0.05, 0) is 46.5 Å². The smallest absolute Gasteiger partial charge is 0.306 e. The van der Waals surface area contributed by atoms with Crippen molar-refractivity contribution in [3.63, 3.8) is 0 Å². The fourth-order valence-electron chi connectivity index (χ4n) is 7.31. The number of hydrogen-bond acceptors (Lipinski definition) is 5. The molecule has 5 nitrogen and oxygen atoms in total. The molecular formula is C36H56O5Si. The van der Waals surface area contributed by atoms with Gasteiger partial charge in [0, 0.05) is 25.4 Å². The maximum absolute atomic E-state index is 12.2. The zero-order chi connectivity index (χ0) is 30.5. The van der Waals surface area contributed by atoms with Crippen molar-refractivity contribution in [2.45, 2.75) is 129 Å². The number of benzene rings is 2. The first-order chi connectivity index (χ1) is 20.1. The number of esters is 1. The van der Waals surface area contributed by atoms with E-state index in [1.165, 1.54) is 0 Å². The number of ether oxygens (including phenoxy) is 2. The van der Waals surface area contributed by atoms with Crippen LogP contribution in [0.4, 0.5) is 0 Å². The molecule has 0 unspecified atom stereocenters.